The van der Waals surface area contributed by atoms with Crippen molar-refractivity contribution in [2.75, 3.05) is 20.1 Å². The molecule has 4 nitrogen and oxygen atoms in total. The van der Waals surface area contributed by atoms with Crippen LogP contribution in [0.15, 0.2) is 16.3 Å². The van der Waals surface area contributed by atoms with Crippen molar-refractivity contribution in [3.8, 4) is 0 Å². The molecule has 0 aromatic carbocycles. The molecule has 0 unspecified atom stereocenters. The highest BCUT2D eigenvalue weighted by atomic mass is 32.2. The van der Waals surface area contributed by atoms with Gasteiger partial charge in [-0.2, -0.15) is 0 Å². The zero-order valence-corrected chi connectivity index (χ0v) is 14.0. The summed E-state index contributed by atoms with van der Waals surface area (Å²) in [6.45, 7) is 5.77. The number of hydrogen-bond donors (Lipinski definition) is 2. The van der Waals surface area contributed by atoms with Crippen LogP contribution in [0.2, 0.25) is 0 Å². The molecule has 0 aliphatic heterocycles. The van der Waals surface area contributed by atoms with E-state index in [9.17, 15) is 8.42 Å². The molecule has 1 fully saturated rings. The maximum absolute atomic E-state index is 12.3. The molecular formula is C14H24N2O2S2. The lowest BCUT2D eigenvalue weighted by molar-refractivity contribution is 0.357. The van der Waals surface area contributed by atoms with Crippen molar-refractivity contribution in [2.45, 2.75) is 37.3 Å². The summed E-state index contributed by atoms with van der Waals surface area (Å²) in [5.74, 6) is 0.528. The van der Waals surface area contributed by atoms with Crippen molar-refractivity contribution >= 4 is 21.4 Å². The maximum Gasteiger partial charge on any atom is 0.250 e. The first-order chi connectivity index (χ1) is 9.39. The largest absolute Gasteiger partial charge is 0.319 e. The zero-order valence-electron chi connectivity index (χ0n) is 12.4. The zero-order chi connectivity index (χ0) is 14.8. The Morgan fingerprint density at radius 1 is 1.35 bits per heavy atom. The minimum atomic E-state index is -3.34. The van der Waals surface area contributed by atoms with Crippen molar-refractivity contribution in [3.05, 3.63) is 17.0 Å². The standard InChI is InChI=1S/C14H24N2O2S2/c1-11(2)14(7-8-14)10-16-20(17,18)13-5-4-12(19-13)6-9-15-3/h4-5,11,15-16H,6-10H2,1-3H3. The topological polar surface area (TPSA) is 58.2 Å². The fourth-order valence-electron chi connectivity index (χ4n) is 2.31. The molecule has 2 N–H and O–H groups in total. The molecule has 2 rings (SSSR count). The second kappa shape index (κ2) is 6.13. The molecule has 1 aliphatic rings. The van der Waals surface area contributed by atoms with Gasteiger partial charge in [-0.05, 0) is 56.3 Å². The van der Waals surface area contributed by atoms with Gasteiger partial charge in [0, 0.05) is 11.4 Å². The van der Waals surface area contributed by atoms with Crippen LogP contribution >= 0.6 is 11.3 Å². The fraction of sp³-hybridized carbons (Fsp3) is 0.714. The second-order valence-corrected chi connectivity index (χ2v) is 9.08. The summed E-state index contributed by atoms with van der Waals surface area (Å²) in [4.78, 5) is 1.10. The van der Waals surface area contributed by atoms with Crippen LogP contribution in [0.3, 0.4) is 0 Å². The summed E-state index contributed by atoms with van der Waals surface area (Å²) < 4.78 is 27.8. The van der Waals surface area contributed by atoms with E-state index in [2.05, 4.69) is 23.9 Å². The van der Waals surface area contributed by atoms with E-state index in [-0.39, 0.29) is 5.41 Å². The van der Waals surface area contributed by atoms with Gasteiger partial charge in [0.15, 0.2) is 0 Å². The summed E-state index contributed by atoms with van der Waals surface area (Å²) in [5, 5.41) is 3.07. The Bertz CT molecular complexity index is 545. The summed E-state index contributed by atoms with van der Waals surface area (Å²) in [7, 11) is -1.45. The first-order valence-electron chi connectivity index (χ1n) is 7.13. The van der Waals surface area contributed by atoms with E-state index in [0.29, 0.717) is 16.7 Å². The molecule has 6 heteroatoms. The molecule has 1 saturated carbocycles. The molecule has 0 saturated heterocycles. The van der Waals surface area contributed by atoms with Crippen LogP contribution in [-0.2, 0) is 16.4 Å². The van der Waals surface area contributed by atoms with Crippen LogP contribution < -0.4 is 10.0 Å². The predicted octanol–water partition coefficient (Wildman–Crippen LogP) is 2.22. The molecule has 1 heterocycles. The first-order valence-corrected chi connectivity index (χ1v) is 9.42. The highest BCUT2D eigenvalue weighted by molar-refractivity contribution is 7.91. The summed E-state index contributed by atoms with van der Waals surface area (Å²) >= 11 is 1.37. The van der Waals surface area contributed by atoms with Crippen molar-refractivity contribution in [2.24, 2.45) is 11.3 Å². The van der Waals surface area contributed by atoms with Crippen LogP contribution in [-0.4, -0.2) is 28.6 Å². The Hall–Kier alpha value is -0.430. The molecule has 1 aliphatic carbocycles. The first kappa shape index (κ1) is 15.9. The fourth-order valence-corrected chi connectivity index (χ4v) is 4.85. The molecule has 0 radical (unpaired) electrons. The van der Waals surface area contributed by atoms with Gasteiger partial charge in [0.05, 0.1) is 0 Å². The van der Waals surface area contributed by atoms with Crippen molar-refractivity contribution in [3.63, 3.8) is 0 Å². The van der Waals surface area contributed by atoms with Crippen LogP contribution in [0.25, 0.3) is 0 Å². The highest BCUT2D eigenvalue weighted by Crippen LogP contribution is 2.51. The number of nitrogens with one attached hydrogen (secondary N) is 2. The van der Waals surface area contributed by atoms with Crippen LogP contribution in [0, 0.1) is 11.3 Å². The Morgan fingerprint density at radius 2 is 2.05 bits per heavy atom. The van der Waals surface area contributed by atoms with Crippen LogP contribution in [0.1, 0.15) is 31.6 Å². The monoisotopic (exact) mass is 316 g/mol. The lowest BCUT2D eigenvalue weighted by Gasteiger charge is -2.19. The van der Waals surface area contributed by atoms with Gasteiger partial charge >= 0.3 is 0 Å². The number of likely N-dealkylation sites (N-methyl/N-ethyl adjacent to an activating group) is 1. The maximum atomic E-state index is 12.3. The molecule has 0 bridgehead atoms. The molecule has 114 valence electrons. The molecule has 20 heavy (non-hydrogen) atoms. The van der Waals surface area contributed by atoms with E-state index < -0.39 is 10.0 Å². The Kier molecular flexibility index (Phi) is 4.89. The van der Waals surface area contributed by atoms with Gasteiger partial charge in [-0.3, -0.25) is 0 Å². The lowest BCUT2D eigenvalue weighted by Crippen LogP contribution is -2.32. The van der Waals surface area contributed by atoms with Gasteiger partial charge < -0.3 is 5.32 Å². The number of thiophene rings is 1. The number of rotatable bonds is 8. The van der Waals surface area contributed by atoms with E-state index in [0.717, 1.165) is 30.7 Å². The SMILES string of the molecule is CNCCc1ccc(S(=O)(=O)NCC2(C(C)C)CC2)s1. The Labute approximate surface area is 126 Å². The Balaban J connectivity index is 1.98. The van der Waals surface area contributed by atoms with Crippen molar-refractivity contribution in [1.29, 1.82) is 0 Å². The third-order valence-electron chi connectivity index (χ3n) is 4.25. The smallest absolute Gasteiger partial charge is 0.250 e. The van der Waals surface area contributed by atoms with Crippen molar-refractivity contribution in [1.82, 2.24) is 10.0 Å². The molecular weight excluding hydrogens is 292 g/mol. The van der Waals surface area contributed by atoms with E-state index in [4.69, 9.17) is 0 Å². The van der Waals surface area contributed by atoms with Gasteiger partial charge in [-0.1, -0.05) is 13.8 Å². The third-order valence-corrected chi connectivity index (χ3v) is 7.29. The van der Waals surface area contributed by atoms with Gasteiger partial charge in [0.25, 0.3) is 0 Å². The lowest BCUT2D eigenvalue weighted by atomic mass is 9.93. The van der Waals surface area contributed by atoms with Crippen LogP contribution in [0.4, 0.5) is 0 Å². The minimum absolute atomic E-state index is 0.194. The third kappa shape index (κ3) is 3.61. The quantitative estimate of drug-likeness (QED) is 0.773. The Morgan fingerprint density at radius 3 is 2.60 bits per heavy atom. The number of hydrogen-bond acceptors (Lipinski definition) is 4. The van der Waals surface area contributed by atoms with Gasteiger partial charge in [-0.25, -0.2) is 13.1 Å². The van der Waals surface area contributed by atoms with Gasteiger partial charge in [0.2, 0.25) is 10.0 Å². The average molecular weight is 316 g/mol. The summed E-state index contributed by atoms with van der Waals surface area (Å²) in [6.07, 6.45) is 3.13. The highest BCUT2D eigenvalue weighted by Gasteiger charge is 2.45. The summed E-state index contributed by atoms with van der Waals surface area (Å²) in [5.41, 5.74) is 0.194. The summed E-state index contributed by atoms with van der Waals surface area (Å²) in [6, 6.07) is 3.62. The van der Waals surface area contributed by atoms with Gasteiger partial charge in [-0.15, -0.1) is 11.3 Å². The molecule has 0 atom stereocenters. The molecule has 1 aromatic heterocycles. The van der Waals surface area contributed by atoms with Gasteiger partial charge in [0.1, 0.15) is 4.21 Å². The predicted molar refractivity (Wildman–Crippen MR) is 83.6 cm³/mol. The van der Waals surface area contributed by atoms with Crippen LogP contribution in [0.5, 0.6) is 0 Å². The molecule has 0 amide bonds. The molecule has 0 spiro atoms. The number of sulfonamides is 1. The normalized spacial score (nSPS) is 17.6. The average Bonchev–Trinajstić information content (AvgIpc) is 3.05. The molecule has 1 aromatic rings. The van der Waals surface area contributed by atoms with E-state index in [1.807, 2.05) is 13.1 Å². The van der Waals surface area contributed by atoms with E-state index >= 15 is 0 Å². The van der Waals surface area contributed by atoms with E-state index in [1.54, 1.807) is 6.07 Å². The minimum Gasteiger partial charge on any atom is -0.319 e. The second-order valence-electron chi connectivity index (χ2n) is 5.92. The van der Waals surface area contributed by atoms with E-state index in [1.165, 1.54) is 11.3 Å². The van der Waals surface area contributed by atoms with Crippen molar-refractivity contribution < 1.29 is 8.42 Å².